The number of aromatic nitrogens is 2. The van der Waals surface area contributed by atoms with Crippen LogP contribution in [-0.2, 0) is 23.0 Å². The summed E-state index contributed by atoms with van der Waals surface area (Å²) in [5.74, 6) is 0.394. The molecule has 0 unspecified atom stereocenters. The van der Waals surface area contributed by atoms with E-state index in [1.165, 1.54) is 0 Å². The topological polar surface area (TPSA) is 84.3 Å². The fraction of sp³-hybridized carbons (Fsp3) is 0.407. The van der Waals surface area contributed by atoms with Crippen LogP contribution in [0.2, 0.25) is 0 Å². The fourth-order valence-electron chi connectivity index (χ4n) is 4.64. The van der Waals surface area contributed by atoms with Crippen molar-refractivity contribution in [1.82, 2.24) is 14.1 Å². The molecule has 4 rings (SSSR count). The van der Waals surface area contributed by atoms with E-state index >= 15 is 0 Å². The first-order chi connectivity index (χ1) is 16.7. The number of nitrogens with one attached hydrogen (secondary N) is 1. The summed E-state index contributed by atoms with van der Waals surface area (Å²) in [6.45, 7) is 9.33. The summed E-state index contributed by atoms with van der Waals surface area (Å²) < 4.78 is 30.0. The summed E-state index contributed by atoms with van der Waals surface area (Å²) in [4.78, 5) is 13.1. The second-order valence-electron chi connectivity index (χ2n) is 9.41. The lowest BCUT2D eigenvalue weighted by Crippen LogP contribution is -2.38. The van der Waals surface area contributed by atoms with Crippen molar-refractivity contribution in [3.63, 3.8) is 0 Å². The lowest BCUT2D eigenvalue weighted by molar-refractivity contribution is 0.102. The smallest absolute Gasteiger partial charge is 0.255 e. The molecule has 35 heavy (non-hydrogen) atoms. The number of sulfonamides is 1. The van der Waals surface area contributed by atoms with Gasteiger partial charge in [0.25, 0.3) is 5.91 Å². The van der Waals surface area contributed by atoms with Gasteiger partial charge in [-0.25, -0.2) is 8.42 Å². The van der Waals surface area contributed by atoms with Crippen LogP contribution in [0.25, 0.3) is 0 Å². The van der Waals surface area contributed by atoms with Crippen LogP contribution in [0.1, 0.15) is 59.6 Å². The molecule has 1 N–H and O–H groups in total. The van der Waals surface area contributed by atoms with Gasteiger partial charge in [0.1, 0.15) is 4.90 Å². The Morgan fingerprint density at radius 1 is 1.06 bits per heavy atom. The molecule has 0 radical (unpaired) electrons. The predicted molar refractivity (Wildman–Crippen MR) is 138 cm³/mol. The second kappa shape index (κ2) is 10.3. The van der Waals surface area contributed by atoms with Gasteiger partial charge in [0.2, 0.25) is 10.0 Å². The van der Waals surface area contributed by atoms with Crippen molar-refractivity contribution in [3.8, 4) is 0 Å². The lowest BCUT2D eigenvalue weighted by Gasteiger charge is -2.29. The van der Waals surface area contributed by atoms with Crippen LogP contribution in [-0.4, -0.2) is 41.5 Å². The van der Waals surface area contributed by atoms with Crippen LogP contribution < -0.4 is 5.32 Å². The van der Waals surface area contributed by atoms with E-state index in [1.54, 1.807) is 28.0 Å². The molecule has 1 fully saturated rings. The van der Waals surface area contributed by atoms with Gasteiger partial charge in [0.05, 0.1) is 17.9 Å². The van der Waals surface area contributed by atoms with Gasteiger partial charge in [-0.05, 0) is 68.4 Å². The Bertz CT molecular complexity index is 1300. The summed E-state index contributed by atoms with van der Waals surface area (Å²) in [5, 5.41) is 7.53. The number of para-hydroxylation sites is 1. The number of amides is 1. The molecule has 0 spiro atoms. The lowest BCUT2D eigenvalue weighted by atomic mass is 10.0. The number of benzene rings is 2. The van der Waals surface area contributed by atoms with Gasteiger partial charge < -0.3 is 5.32 Å². The molecule has 0 saturated carbocycles. The Morgan fingerprint density at radius 2 is 1.71 bits per heavy atom. The van der Waals surface area contributed by atoms with Crippen LogP contribution in [0.15, 0.2) is 53.4 Å². The zero-order valence-corrected chi connectivity index (χ0v) is 21.7. The summed E-state index contributed by atoms with van der Waals surface area (Å²) >= 11 is 0. The van der Waals surface area contributed by atoms with Crippen LogP contribution in [0, 0.1) is 19.8 Å². The third kappa shape index (κ3) is 5.33. The summed E-state index contributed by atoms with van der Waals surface area (Å²) in [6.07, 6.45) is 2.61. The summed E-state index contributed by atoms with van der Waals surface area (Å²) in [6, 6.07) is 15.1. The minimum Gasteiger partial charge on any atom is -0.322 e. The van der Waals surface area contributed by atoms with Gasteiger partial charge in [-0.1, -0.05) is 44.2 Å². The monoisotopic (exact) mass is 494 g/mol. The largest absolute Gasteiger partial charge is 0.322 e. The van der Waals surface area contributed by atoms with Gasteiger partial charge in [0.15, 0.2) is 0 Å². The summed E-state index contributed by atoms with van der Waals surface area (Å²) in [5.41, 5.74) is 4.58. The van der Waals surface area contributed by atoms with Crippen molar-refractivity contribution in [3.05, 3.63) is 76.6 Å². The number of aryl methyl sites for hydroxylation is 2. The molecule has 2 heterocycles. The zero-order chi connectivity index (χ0) is 25.2. The first-order valence-electron chi connectivity index (χ1n) is 12.2. The third-order valence-corrected chi connectivity index (χ3v) is 9.00. The van der Waals surface area contributed by atoms with Crippen LogP contribution in [0.4, 0.5) is 5.69 Å². The average molecular weight is 495 g/mol. The maximum absolute atomic E-state index is 13.3. The Kier molecular flexibility index (Phi) is 7.42. The molecule has 1 amide bonds. The second-order valence-corrected chi connectivity index (χ2v) is 11.3. The number of carbonyl (C=O) groups excluding carboxylic acids is 1. The standard InChI is InChI=1S/C27H34N4O3S/c1-5-23-8-6-7-9-25(23)28-27(32)24-12-10-22(11-13-24)18-31-21(4)26(20(3)29-31)35(33,34)30-16-14-19(2)15-17-30/h6-13,19H,5,14-18H2,1-4H3,(H,28,32). The number of hydrogen-bond donors (Lipinski definition) is 1. The molecular formula is C27H34N4O3S. The highest BCUT2D eigenvalue weighted by Crippen LogP contribution is 2.28. The number of nitrogens with zero attached hydrogens (tertiary/aromatic N) is 3. The highest BCUT2D eigenvalue weighted by atomic mass is 32.2. The molecule has 1 aromatic heterocycles. The first-order valence-corrected chi connectivity index (χ1v) is 13.7. The van der Waals surface area contributed by atoms with E-state index < -0.39 is 10.0 Å². The minimum atomic E-state index is -3.57. The number of anilines is 1. The van der Waals surface area contributed by atoms with Crippen molar-refractivity contribution in [1.29, 1.82) is 0 Å². The van der Waals surface area contributed by atoms with Crippen molar-refractivity contribution in [2.75, 3.05) is 18.4 Å². The molecule has 0 bridgehead atoms. The number of carbonyl (C=O) groups is 1. The van der Waals surface area contributed by atoms with Gasteiger partial charge >= 0.3 is 0 Å². The van der Waals surface area contributed by atoms with Gasteiger partial charge in [-0.3, -0.25) is 9.48 Å². The number of rotatable bonds is 7. The van der Waals surface area contributed by atoms with Crippen LogP contribution in [0.3, 0.4) is 0 Å². The molecule has 3 aromatic rings. The Balaban J connectivity index is 1.49. The molecule has 8 heteroatoms. The highest BCUT2D eigenvalue weighted by molar-refractivity contribution is 7.89. The van der Waals surface area contributed by atoms with Crippen molar-refractivity contribution < 1.29 is 13.2 Å². The SMILES string of the molecule is CCc1ccccc1NC(=O)c1ccc(Cn2nc(C)c(S(=O)(=O)N3CCC(C)CC3)c2C)cc1. The third-order valence-electron chi connectivity index (χ3n) is 6.85. The maximum atomic E-state index is 13.3. The molecule has 1 aliphatic heterocycles. The Labute approximate surface area is 208 Å². The van der Waals surface area contributed by atoms with Gasteiger partial charge in [-0.15, -0.1) is 0 Å². The van der Waals surface area contributed by atoms with E-state index in [0.29, 0.717) is 47.4 Å². The predicted octanol–water partition coefficient (Wildman–Crippen LogP) is 4.78. The van der Waals surface area contributed by atoms with Crippen LogP contribution >= 0.6 is 0 Å². The van der Waals surface area contributed by atoms with Crippen molar-refractivity contribution in [2.24, 2.45) is 5.92 Å². The molecule has 7 nitrogen and oxygen atoms in total. The molecule has 0 aliphatic carbocycles. The molecule has 0 atom stereocenters. The normalized spacial score (nSPS) is 15.3. The molecular weight excluding hydrogens is 460 g/mol. The Morgan fingerprint density at radius 3 is 2.37 bits per heavy atom. The van der Waals surface area contributed by atoms with Crippen LogP contribution in [0.5, 0.6) is 0 Å². The maximum Gasteiger partial charge on any atom is 0.255 e. The van der Waals surface area contributed by atoms with Gasteiger partial charge in [0, 0.05) is 24.3 Å². The fourth-order valence-corrected chi connectivity index (χ4v) is 6.48. The first kappa shape index (κ1) is 25.1. The van der Waals surface area contributed by atoms with E-state index in [9.17, 15) is 13.2 Å². The van der Waals surface area contributed by atoms with E-state index in [2.05, 4.69) is 24.3 Å². The minimum absolute atomic E-state index is 0.159. The van der Waals surface area contributed by atoms with Gasteiger partial charge in [-0.2, -0.15) is 9.40 Å². The zero-order valence-electron chi connectivity index (χ0n) is 20.9. The van der Waals surface area contributed by atoms with E-state index in [-0.39, 0.29) is 5.91 Å². The molecule has 1 aliphatic rings. The number of piperidine rings is 1. The Hall–Kier alpha value is -2.97. The van der Waals surface area contributed by atoms with E-state index in [1.807, 2.05) is 43.3 Å². The quantitative estimate of drug-likeness (QED) is 0.512. The highest BCUT2D eigenvalue weighted by Gasteiger charge is 2.33. The average Bonchev–Trinajstić information content (AvgIpc) is 3.13. The van der Waals surface area contributed by atoms with Crippen molar-refractivity contribution in [2.45, 2.75) is 58.4 Å². The van der Waals surface area contributed by atoms with E-state index in [0.717, 1.165) is 36.1 Å². The summed E-state index contributed by atoms with van der Waals surface area (Å²) in [7, 11) is -3.57. The number of hydrogen-bond acceptors (Lipinski definition) is 4. The molecule has 2 aromatic carbocycles. The van der Waals surface area contributed by atoms with Crippen molar-refractivity contribution >= 4 is 21.6 Å². The van der Waals surface area contributed by atoms with E-state index in [4.69, 9.17) is 0 Å². The molecule has 186 valence electrons. The molecule has 1 saturated heterocycles.